The van der Waals surface area contributed by atoms with Crippen molar-refractivity contribution < 1.29 is 18.3 Å². The van der Waals surface area contributed by atoms with E-state index in [1.54, 1.807) is 4.90 Å². The molecular weight excluding hydrogens is 280 g/mol. The lowest BCUT2D eigenvalue weighted by atomic mass is 9.75. The number of rotatable bonds is 3. The molecule has 1 aliphatic carbocycles. The Morgan fingerprint density at radius 2 is 1.85 bits per heavy atom. The maximum atomic E-state index is 12.1. The predicted molar refractivity (Wildman–Crippen MR) is 73.5 cm³/mol. The standard InChI is InChI=1S/C13H22N2O4S/c1-20(18,19)15-6-5-12(10-15)8-14(9-12)11(16)7-13(17)3-2-4-13/h17H,2-10H2,1H3. The maximum absolute atomic E-state index is 12.1. The van der Waals surface area contributed by atoms with Gasteiger partial charge in [0, 0.05) is 31.6 Å². The SMILES string of the molecule is CS(=O)(=O)N1CCC2(CN(C(=O)CC3(O)CCC3)C2)C1. The van der Waals surface area contributed by atoms with Gasteiger partial charge in [0.15, 0.2) is 0 Å². The number of nitrogens with zero attached hydrogens (tertiary/aromatic N) is 2. The van der Waals surface area contributed by atoms with E-state index in [0.717, 1.165) is 25.7 Å². The molecular formula is C13H22N2O4S. The van der Waals surface area contributed by atoms with Crippen molar-refractivity contribution in [1.82, 2.24) is 9.21 Å². The highest BCUT2D eigenvalue weighted by Gasteiger charge is 2.51. The van der Waals surface area contributed by atoms with Crippen molar-refractivity contribution in [2.45, 2.75) is 37.7 Å². The van der Waals surface area contributed by atoms with Crippen molar-refractivity contribution in [3.63, 3.8) is 0 Å². The average molecular weight is 302 g/mol. The van der Waals surface area contributed by atoms with Gasteiger partial charge in [-0.2, -0.15) is 0 Å². The first-order valence-electron chi connectivity index (χ1n) is 7.17. The zero-order chi connectivity index (χ0) is 14.6. The van der Waals surface area contributed by atoms with Crippen molar-refractivity contribution in [2.75, 3.05) is 32.4 Å². The molecule has 3 aliphatic rings. The summed E-state index contributed by atoms with van der Waals surface area (Å²) in [6.45, 7) is 2.35. The van der Waals surface area contributed by atoms with Crippen LogP contribution in [0.1, 0.15) is 32.1 Å². The number of likely N-dealkylation sites (tertiary alicyclic amines) is 1. The predicted octanol–water partition coefficient (Wildman–Crippen LogP) is -0.215. The van der Waals surface area contributed by atoms with Gasteiger partial charge in [-0.3, -0.25) is 4.79 Å². The molecule has 2 saturated heterocycles. The molecule has 20 heavy (non-hydrogen) atoms. The van der Waals surface area contributed by atoms with E-state index in [9.17, 15) is 18.3 Å². The van der Waals surface area contributed by atoms with E-state index in [1.807, 2.05) is 0 Å². The second-order valence-corrected chi connectivity index (χ2v) is 8.83. The maximum Gasteiger partial charge on any atom is 0.225 e. The van der Waals surface area contributed by atoms with E-state index in [2.05, 4.69) is 0 Å². The molecule has 1 amide bonds. The van der Waals surface area contributed by atoms with Crippen LogP contribution in [0.25, 0.3) is 0 Å². The molecule has 0 bridgehead atoms. The second-order valence-electron chi connectivity index (χ2n) is 6.85. The minimum atomic E-state index is -3.12. The number of sulfonamides is 1. The lowest BCUT2D eigenvalue weighted by molar-refractivity contribution is -0.151. The highest BCUT2D eigenvalue weighted by molar-refractivity contribution is 7.88. The molecule has 1 saturated carbocycles. The van der Waals surface area contributed by atoms with Crippen molar-refractivity contribution in [3.8, 4) is 0 Å². The zero-order valence-electron chi connectivity index (χ0n) is 11.8. The number of hydrogen-bond donors (Lipinski definition) is 1. The first-order valence-corrected chi connectivity index (χ1v) is 9.02. The molecule has 3 fully saturated rings. The Hall–Kier alpha value is -0.660. The van der Waals surface area contributed by atoms with Gasteiger partial charge in [-0.1, -0.05) is 0 Å². The smallest absolute Gasteiger partial charge is 0.225 e. The summed E-state index contributed by atoms with van der Waals surface area (Å²) in [6, 6.07) is 0. The van der Waals surface area contributed by atoms with E-state index in [0.29, 0.717) is 26.2 Å². The van der Waals surface area contributed by atoms with E-state index in [-0.39, 0.29) is 17.7 Å². The Morgan fingerprint density at radius 3 is 2.30 bits per heavy atom. The normalized spacial score (nSPS) is 28.2. The van der Waals surface area contributed by atoms with Gasteiger partial charge in [0.1, 0.15) is 0 Å². The van der Waals surface area contributed by atoms with Crippen LogP contribution in [0.15, 0.2) is 0 Å². The van der Waals surface area contributed by atoms with Crippen molar-refractivity contribution >= 4 is 15.9 Å². The molecule has 0 radical (unpaired) electrons. The number of amides is 1. The van der Waals surface area contributed by atoms with Crippen LogP contribution in [0.4, 0.5) is 0 Å². The third-order valence-corrected chi connectivity index (χ3v) is 6.29. The Bertz CT molecular complexity index is 520. The van der Waals surface area contributed by atoms with Crippen molar-refractivity contribution in [1.29, 1.82) is 0 Å². The van der Waals surface area contributed by atoms with Gasteiger partial charge in [-0.25, -0.2) is 12.7 Å². The van der Waals surface area contributed by atoms with Gasteiger partial charge in [-0.05, 0) is 25.7 Å². The van der Waals surface area contributed by atoms with Crippen LogP contribution in [0.3, 0.4) is 0 Å². The van der Waals surface area contributed by atoms with E-state index < -0.39 is 15.6 Å². The van der Waals surface area contributed by atoms with Crippen LogP contribution in [-0.4, -0.2) is 66.7 Å². The molecule has 1 N–H and O–H groups in total. The number of carbonyl (C=O) groups is 1. The van der Waals surface area contributed by atoms with E-state index >= 15 is 0 Å². The van der Waals surface area contributed by atoms with Gasteiger partial charge in [0.05, 0.1) is 18.3 Å². The number of aliphatic hydroxyl groups is 1. The molecule has 2 heterocycles. The molecule has 114 valence electrons. The zero-order valence-corrected chi connectivity index (χ0v) is 12.7. The summed E-state index contributed by atoms with van der Waals surface area (Å²) in [6.07, 6.45) is 4.73. The summed E-state index contributed by atoms with van der Waals surface area (Å²) in [5, 5.41) is 10.0. The lowest BCUT2D eigenvalue weighted by Gasteiger charge is -2.49. The molecule has 7 heteroatoms. The first-order chi connectivity index (χ1) is 9.22. The lowest BCUT2D eigenvalue weighted by Crippen LogP contribution is -2.60. The van der Waals surface area contributed by atoms with Gasteiger partial charge in [-0.15, -0.1) is 0 Å². The van der Waals surface area contributed by atoms with Gasteiger partial charge >= 0.3 is 0 Å². The van der Waals surface area contributed by atoms with Crippen LogP contribution < -0.4 is 0 Å². The van der Waals surface area contributed by atoms with Crippen molar-refractivity contribution in [3.05, 3.63) is 0 Å². The average Bonchev–Trinajstić information content (AvgIpc) is 2.69. The first kappa shape index (κ1) is 14.3. The van der Waals surface area contributed by atoms with E-state index in [1.165, 1.54) is 10.6 Å². The molecule has 0 aromatic rings. The third kappa shape index (κ3) is 2.46. The summed E-state index contributed by atoms with van der Waals surface area (Å²) in [7, 11) is -3.12. The monoisotopic (exact) mass is 302 g/mol. The molecule has 1 spiro atoms. The highest BCUT2D eigenvalue weighted by Crippen LogP contribution is 2.42. The molecule has 2 aliphatic heterocycles. The largest absolute Gasteiger partial charge is 0.389 e. The van der Waals surface area contributed by atoms with Gasteiger partial charge in [0.2, 0.25) is 15.9 Å². The Morgan fingerprint density at radius 1 is 1.20 bits per heavy atom. The minimum absolute atomic E-state index is 0.00984. The molecule has 0 unspecified atom stereocenters. The van der Waals surface area contributed by atoms with Gasteiger partial charge < -0.3 is 10.0 Å². The summed E-state index contributed by atoms with van der Waals surface area (Å²) in [4.78, 5) is 13.9. The topological polar surface area (TPSA) is 77.9 Å². The molecule has 6 nitrogen and oxygen atoms in total. The summed E-state index contributed by atoms with van der Waals surface area (Å²) in [5.74, 6) is 0.00984. The third-order valence-electron chi connectivity index (χ3n) is 5.04. The Labute approximate surface area is 119 Å². The van der Waals surface area contributed by atoms with Crippen molar-refractivity contribution in [2.24, 2.45) is 5.41 Å². The minimum Gasteiger partial charge on any atom is -0.389 e. The number of carbonyl (C=O) groups excluding carboxylic acids is 1. The molecule has 0 aromatic heterocycles. The fourth-order valence-corrected chi connectivity index (χ4v) is 4.46. The fraction of sp³-hybridized carbons (Fsp3) is 0.923. The van der Waals surface area contributed by atoms with Crippen LogP contribution in [-0.2, 0) is 14.8 Å². The Kier molecular flexibility index (Phi) is 3.15. The summed E-state index contributed by atoms with van der Waals surface area (Å²) in [5.41, 5.74) is -0.810. The molecule has 0 atom stereocenters. The van der Waals surface area contributed by atoms with Crippen LogP contribution in [0, 0.1) is 5.41 Å². The summed E-state index contributed by atoms with van der Waals surface area (Å²) >= 11 is 0. The molecule has 3 rings (SSSR count). The van der Waals surface area contributed by atoms with Gasteiger partial charge in [0.25, 0.3) is 0 Å². The molecule has 0 aromatic carbocycles. The highest BCUT2D eigenvalue weighted by atomic mass is 32.2. The Balaban J connectivity index is 1.53. The van der Waals surface area contributed by atoms with E-state index in [4.69, 9.17) is 0 Å². The van der Waals surface area contributed by atoms with Crippen LogP contribution in [0.5, 0.6) is 0 Å². The quantitative estimate of drug-likeness (QED) is 0.782. The summed E-state index contributed by atoms with van der Waals surface area (Å²) < 4.78 is 24.6. The number of hydrogen-bond acceptors (Lipinski definition) is 4. The van der Waals surface area contributed by atoms with Crippen LogP contribution in [0.2, 0.25) is 0 Å². The van der Waals surface area contributed by atoms with Crippen LogP contribution >= 0.6 is 0 Å². The second kappa shape index (κ2) is 4.42. The fourth-order valence-electron chi connectivity index (χ4n) is 3.53.